The van der Waals surface area contributed by atoms with Crippen molar-refractivity contribution in [1.29, 1.82) is 0 Å². The number of hydrogen-bond donors (Lipinski definition) is 2. The highest BCUT2D eigenvalue weighted by atomic mass is 35.5. The van der Waals surface area contributed by atoms with Crippen molar-refractivity contribution in [2.75, 3.05) is 0 Å². The van der Waals surface area contributed by atoms with E-state index in [0.717, 1.165) is 24.8 Å². The van der Waals surface area contributed by atoms with E-state index in [1.807, 2.05) is 6.07 Å². The SMILES string of the molecule is O=C(O)C1C2CCC(C2)C1NCc1ccncc1Cl. The Balaban J connectivity index is 1.69. The van der Waals surface area contributed by atoms with Gasteiger partial charge in [-0.15, -0.1) is 0 Å². The zero-order chi connectivity index (χ0) is 13.4. The van der Waals surface area contributed by atoms with E-state index in [1.165, 1.54) is 0 Å². The third kappa shape index (κ3) is 2.35. The molecule has 0 spiro atoms. The van der Waals surface area contributed by atoms with Crippen molar-refractivity contribution in [3.05, 3.63) is 29.0 Å². The second-order valence-corrected chi connectivity index (χ2v) is 5.98. The molecule has 2 saturated carbocycles. The van der Waals surface area contributed by atoms with Crippen LogP contribution in [-0.4, -0.2) is 22.1 Å². The van der Waals surface area contributed by atoms with Gasteiger partial charge in [0.1, 0.15) is 0 Å². The number of fused-ring (bicyclic) bond motifs is 2. The average Bonchev–Trinajstić information content (AvgIpc) is 2.98. The van der Waals surface area contributed by atoms with Gasteiger partial charge in [0.05, 0.1) is 10.9 Å². The maximum atomic E-state index is 11.4. The third-order valence-electron chi connectivity index (χ3n) is 4.59. The second kappa shape index (κ2) is 5.10. The number of aliphatic carboxylic acids is 1. The Labute approximate surface area is 117 Å². The van der Waals surface area contributed by atoms with Gasteiger partial charge >= 0.3 is 5.97 Å². The Kier molecular flexibility index (Phi) is 3.46. The van der Waals surface area contributed by atoms with Crippen molar-refractivity contribution in [2.45, 2.75) is 31.8 Å². The second-order valence-electron chi connectivity index (χ2n) is 5.57. The van der Waals surface area contributed by atoms with Gasteiger partial charge in [0.15, 0.2) is 0 Å². The van der Waals surface area contributed by atoms with Crippen LogP contribution in [0.1, 0.15) is 24.8 Å². The Morgan fingerprint density at radius 2 is 2.26 bits per heavy atom. The number of aromatic nitrogens is 1. The first-order chi connectivity index (χ1) is 9.16. The number of carboxylic acid groups (broad SMARTS) is 1. The fraction of sp³-hybridized carbons (Fsp3) is 0.571. The Bertz CT molecular complexity index is 494. The van der Waals surface area contributed by atoms with E-state index in [9.17, 15) is 9.90 Å². The van der Waals surface area contributed by atoms with Gasteiger partial charge < -0.3 is 10.4 Å². The number of nitrogens with zero attached hydrogens (tertiary/aromatic N) is 1. The molecule has 2 aliphatic rings. The van der Waals surface area contributed by atoms with Crippen LogP contribution in [0, 0.1) is 17.8 Å². The average molecular weight is 281 g/mol. The number of halogens is 1. The molecule has 4 unspecified atom stereocenters. The van der Waals surface area contributed by atoms with Crippen LogP contribution in [0.4, 0.5) is 0 Å². The standard InChI is InChI=1S/C14H17ClN2O2/c15-11-7-16-4-3-10(11)6-17-13-9-2-1-8(5-9)12(13)14(18)19/h3-4,7-9,12-13,17H,1-2,5-6H2,(H,18,19). The summed E-state index contributed by atoms with van der Waals surface area (Å²) in [5.41, 5.74) is 0.976. The van der Waals surface area contributed by atoms with Crippen LogP contribution in [-0.2, 0) is 11.3 Å². The highest BCUT2D eigenvalue weighted by Gasteiger charge is 2.50. The van der Waals surface area contributed by atoms with Crippen molar-refractivity contribution < 1.29 is 9.90 Å². The fourth-order valence-electron chi connectivity index (χ4n) is 3.72. The van der Waals surface area contributed by atoms with E-state index in [1.54, 1.807) is 12.4 Å². The number of carboxylic acids is 1. The molecule has 4 nitrogen and oxygen atoms in total. The summed E-state index contributed by atoms with van der Waals surface area (Å²) in [7, 11) is 0. The number of hydrogen-bond acceptors (Lipinski definition) is 3. The molecule has 3 rings (SSSR count). The van der Waals surface area contributed by atoms with E-state index >= 15 is 0 Å². The largest absolute Gasteiger partial charge is 0.481 e. The minimum Gasteiger partial charge on any atom is -0.481 e. The van der Waals surface area contributed by atoms with E-state index in [4.69, 9.17) is 11.6 Å². The summed E-state index contributed by atoms with van der Waals surface area (Å²) in [4.78, 5) is 15.4. The molecule has 4 atom stereocenters. The molecule has 0 saturated heterocycles. The first kappa shape index (κ1) is 12.9. The molecule has 2 aliphatic carbocycles. The number of rotatable bonds is 4. The van der Waals surface area contributed by atoms with Crippen molar-refractivity contribution in [3.8, 4) is 0 Å². The van der Waals surface area contributed by atoms with E-state index in [2.05, 4.69) is 10.3 Å². The van der Waals surface area contributed by atoms with E-state index in [0.29, 0.717) is 23.4 Å². The molecule has 2 bridgehead atoms. The van der Waals surface area contributed by atoms with Crippen LogP contribution in [0.2, 0.25) is 5.02 Å². The third-order valence-corrected chi connectivity index (χ3v) is 4.93. The molecule has 5 heteroatoms. The summed E-state index contributed by atoms with van der Waals surface area (Å²) in [6.45, 7) is 0.610. The van der Waals surface area contributed by atoms with Crippen molar-refractivity contribution in [1.82, 2.24) is 10.3 Å². The lowest BCUT2D eigenvalue weighted by Crippen LogP contribution is -2.43. The fourth-order valence-corrected chi connectivity index (χ4v) is 3.90. The predicted octanol–water partition coefficient (Wildman–Crippen LogP) is 2.32. The minimum atomic E-state index is -0.662. The maximum absolute atomic E-state index is 11.4. The van der Waals surface area contributed by atoms with Gasteiger partial charge in [-0.3, -0.25) is 9.78 Å². The Hall–Kier alpha value is -1.13. The number of carbonyl (C=O) groups is 1. The summed E-state index contributed by atoms with van der Waals surface area (Å²) in [6.07, 6.45) is 6.59. The van der Waals surface area contributed by atoms with Gasteiger partial charge in [-0.2, -0.15) is 0 Å². The summed E-state index contributed by atoms with van der Waals surface area (Å²) < 4.78 is 0. The summed E-state index contributed by atoms with van der Waals surface area (Å²) >= 11 is 6.07. The molecule has 0 radical (unpaired) electrons. The molecule has 1 aromatic heterocycles. The molecule has 19 heavy (non-hydrogen) atoms. The van der Waals surface area contributed by atoms with Gasteiger partial charge in [0, 0.05) is 25.0 Å². The molecule has 0 aromatic carbocycles. The lowest BCUT2D eigenvalue weighted by Gasteiger charge is -2.29. The zero-order valence-corrected chi connectivity index (χ0v) is 11.3. The molecular weight excluding hydrogens is 264 g/mol. The van der Waals surface area contributed by atoms with E-state index < -0.39 is 5.97 Å². The summed E-state index contributed by atoms with van der Waals surface area (Å²) in [6, 6.07) is 1.96. The molecule has 102 valence electrons. The van der Waals surface area contributed by atoms with E-state index in [-0.39, 0.29) is 12.0 Å². The smallest absolute Gasteiger partial charge is 0.308 e. The van der Waals surface area contributed by atoms with Crippen LogP contribution in [0.5, 0.6) is 0 Å². The van der Waals surface area contributed by atoms with Crippen molar-refractivity contribution >= 4 is 17.6 Å². The molecule has 2 N–H and O–H groups in total. The van der Waals surface area contributed by atoms with Gasteiger partial charge in [0.25, 0.3) is 0 Å². The van der Waals surface area contributed by atoms with Crippen molar-refractivity contribution in [3.63, 3.8) is 0 Å². The lowest BCUT2D eigenvalue weighted by molar-refractivity contribution is -0.144. The highest BCUT2D eigenvalue weighted by molar-refractivity contribution is 6.31. The van der Waals surface area contributed by atoms with Crippen LogP contribution in [0.15, 0.2) is 18.5 Å². The van der Waals surface area contributed by atoms with Crippen LogP contribution in [0.25, 0.3) is 0 Å². The number of pyridine rings is 1. The molecule has 0 amide bonds. The first-order valence-corrected chi connectivity index (χ1v) is 7.09. The molecular formula is C14H17ClN2O2. The lowest BCUT2D eigenvalue weighted by atomic mass is 9.84. The monoisotopic (exact) mass is 280 g/mol. The Morgan fingerprint density at radius 1 is 1.47 bits per heavy atom. The molecule has 2 fully saturated rings. The minimum absolute atomic E-state index is 0.0838. The molecule has 1 heterocycles. The zero-order valence-electron chi connectivity index (χ0n) is 10.6. The topological polar surface area (TPSA) is 62.2 Å². The predicted molar refractivity (Wildman–Crippen MR) is 71.8 cm³/mol. The summed E-state index contributed by atoms with van der Waals surface area (Å²) in [5, 5.41) is 13.4. The van der Waals surface area contributed by atoms with Crippen LogP contribution in [0.3, 0.4) is 0 Å². The highest BCUT2D eigenvalue weighted by Crippen LogP contribution is 2.48. The van der Waals surface area contributed by atoms with Gasteiger partial charge in [-0.1, -0.05) is 11.6 Å². The first-order valence-electron chi connectivity index (χ1n) is 6.71. The van der Waals surface area contributed by atoms with Crippen LogP contribution >= 0.6 is 11.6 Å². The number of nitrogens with one attached hydrogen (secondary N) is 1. The van der Waals surface area contributed by atoms with Gasteiger partial charge in [-0.25, -0.2) is 0 Å². The Morgan fingerprint density at radius 3 is 3.00 bits per heavy atom. The van der Waals surface area contributed by atoms with Crippen molar-refractivity contribution in [2.24, 2.45) is 17.8 Å². The maximum Gasteiger partial charge on any atom is 0.308 e. The molecule has 1 aromatic rings. The van der Waals surface area contributed by atoms with Crippen LogP contribution < -0.4 is 5.32 Å². The van der Waals surface area contributed by atoms with Gasteiger partial charge in [-0.05, 0) is 42.7 Å². The summed E-state index contributed by atoms with van der Waals surface area (Å²) in [5.74, 6) is -0.0375. The normalized spacial score (nSPS) is 32.7. The quantitative estimate of drug-likeness (QED) is 0.888. The molecule has 0 aliphatic heterocycles. The van der Waals surface area contributed by atoms with Gasteiger partial charge in [0.2, 0.25) is 0 Å².